The molecule has 2 rings (SSSR count). The summed E-state index contributed by atoms with van der Waals surface area (Å²) in [4.78, 5) is 34.6. The molecule has 0 atom stereocenters. The van der Waals surface area contributed by atoms with Crippen molar-refractivity contribution in [3.8, 4) is 11.5 Å². The first-order chi connectivity index (χ1) is 12.5. The Balaban J connectivity index is 2.01. The van der Waals surface area contributed by atoms with E-state index in [1.165, 1.54) is 6.92 Å². The van der Waals surface area contributed by atoms with Crippen LogP contribution in [-0.4, -0.2) is 31.2 Å². The summed E-state index contributed by atoms with van der Waals surface area (Å²) in [6.07, 6.45) is 1.51. The first kappa shape index (κ1) is 19.2. The Morgan fingerprint density at radius 3 is 2.62 bits per heavy atom. The van der Waals surface area contributed by atoms with Crippen molar-refractivity contribution in [2.24, 2.45) is 0 Å². The molecule has 6 nitrogen and oxygen atoms in total. The van der Waals surface area contributed by atoms with Crippen LogP contribution in [0.2, 0.25) is 0 Å². The number of benzene rings is 2. The maximum atomic E-state index is 12.1. The minimum Gasteiger partial charge on any atom is -0.493 e. The molecule has 0 spiro atoms. The second kappa shape index (κ2) is 9.36. The van der Waals surface area contributed by atoms with Crippen molar-refractivity contribution < 1.29 is 23.9 Å². The molecule has 1 N–H and O–H groups in total. The van der Waals surface area contributed by atoms with E-state index >= 15 is 0 Å². The topological polar surface area (TPSA) is 81.7 Å². The number of hydrogen-bond donors (Lipinski definition) is 1. The number of Topliss-reactive ketones (excluding diaryl/α,β-unsaturated/α-hetero) is 1. The van der Waals surface area contributed by atoms with Gasteiger partial charge in [-0.2, -0.15) is 0 Å². The van der Waals surface area contributed by atoms with Gasteiger partial charge in [-0.05, 0) is 37.6 Å². The number of hydrogen-bond acceptors (Lipinski definition) is 5. The van der Waals surface area contributed by atoms with Crippen molar-refractivity contribution in [3.05, 3.63) is 53.6 Å². The quantitative estimate of drug-likeness (QED) is 0.550. The minimum atomic E-state index is -0.401. The normalized spacial score (nSPS) is 10.1. The zero-order valence-electron chi connectivity index (χ0n) is 14.8. The van der Waals surface area contributed by atoms with Gasteiger partial charge in [0.05, 0.1) is 12.2 Å². The fourth-order valence-electron chi connectivity index (χ4n) is 2.20. The van der Waals surface area contributed by atoms with Gasteiger partial charge in [-0.25, -0.2) is 0 Å². The van der Waals surface area contributed by atoms with Crippen molar-refractivity contribution in [2.75, 3.05) is 18.5 Å². The number of amides is 1. The first-order valence-corrected chi connectivity index (χ1v) is 8.29. The summed E-state index contributed by atoms with van der Waals surface area (Å²) in [7, 11) is 0. The second-order valence-corrected chi connectivity index (χ2v) is 5.64. The van der Waals surface area contributed by atoms with Crippen molar-refractivity contribution in [2.45, 2.75) is 20.3 Å². The predicted molar refractivity (Wildman–Crippen MR) is 98.2 cm³/mol. The van der Waals surface area contributed by atoms with Crippen molar-refractivity contribution in [3.63, 3.8) is 0 Å². The number of ether oxygens (including phenoxy) is 2. The Labute approximate surface area is 152 Å². The van der Waals surface area contributed by atoms with Crippen LogP contribution in [0.25, 0.3) is 0 Å². The van der Waals surface area contributed by atoms with Gasteiger partial charge in [0.25, 0.3) is 5.91 Å². The number of carbonyl (C=O) groups excluding carboxylic acids is 3. The first-order valence-electron chi connectivity index (χ1n) is 8.29. The van der Waals surface area contributed by atoms with E-state index in [1.54, 1.807) is 42.5 Å². The van der Waals surface area contributed by atoms with Gasteiger partial charge in [0, 0.05) is 17.3 Å². The van der Waals surface area contributed by atoms with E-state index in [4.69, 9.17) is 9.47 Å². The molecule has 26 heavy (non-hydrogen) atoms. The number of ketones is 1. The number of anilines is 1. The molecule has 0 radical (unpaired) electrons. The fraction of sp³-hybridized carbons (Fsp3) is 0.250. The summed E-state index contributed by atoms with van der Waals surface area (Å²) >= 11 is 0. The average Bonchev–Trinajstić information content (AvgIpc) is 2.65. The summed E-state index contributed by atoms with van der Waals surface area (Å²) in [5.74, 6) is 0.363. The minimum absolute atomic E-state index is 0.0862. The molecule has 2 aromatic carbocycles. The molecule has 0 bridgehead atoms. The van der Waals surface area contributed by atoms with Crippen LogP contribution >= 0.6 is 0 Å². The van der Waals surface area contributed by atoms with Gasteiger partial charge in [-0.15, -0.1) is 0 Å². The molecule has 0 aliphatic heterocycles. The Morgan fingerprint density at radius 1 is 1.12 bits per heavy atom. The molecule has 0 heterocycles. The third-order valence-corrected chi connectivity index (χ3v) is 3.50. The summed E-state index contributed by atoms with van der Waals surface area (Å²) in [6.45, 7) is 3.72. The lowest BCUT2D eigenvalue weighted by Crippen LogP contribution is -2.20. The molecule has 0 unspecified atom stereocenters. The van der Waals surface area contributed by atoms with Gasteiger partial charge in [0.15, 0.2) is 18.7 Å². The zero-order valence-corrected chi connectivity index (χ0v) is 14.8. The monoisotopic (exact) mass is 355 g/mol. The van der Waals surface area contributed by atoms with E-state index in [0.717, 1.165) is 6.42 Å². The summed E-state index contributed by atoms with van der Waals surface area (Å²) in [5, 5.41) is 2.66. The van der Waals surface area contributed by atoms with Crippen molar-refractivity contribution in [1.82, 2.24) is 0 Å². The molecule has 6 heteroatoms. The molecule has 0 aliphatic rings. The van der Waals surface area contributed by atoms with Crippen LogP contribution < -0.4 is 14.8 Å². The van der Waals surface area contributed by atoms with Crippen LogP contribution in [-0.2, 0) is 4.79 Å². The van der Waals surface area contributed by atoms with E-state index in [-0.39, 0.29) is 18.1 Å². The lowest BCUT2D eigenvalue weighted by Gasteiger charge is -2.11. The summed E-state index contributed by atoms with van der Waals surface area (Å²) < 4.78 is 11.0. The number of nitrogens with one attached hydrogen (secondary N) is 1. The van der Waals surface area contributed by atoms with E-state index < -0.39 is 5.91 Å². The van der Waals surface area contributed by atoms with Crippen molar-refractivity contribution >= 4 is 23.7 Å². The van der Waals surface area contributed by atoms with Gasteiger partial charge in [0.2, 0.25) is 0 Å². The fourth-order valence-corrected chi connectivity index (χ4v) is 2.20. The maximum Gasteiger partial charge on any atom is 0.262 e. The largest absolute Gasteiger partial charge is 0.493 e. The van der Waals surface area contributed by atoms with Gasteiger partial charge in [-0.3, -0.25) is 14.4 Å². The molecule has 2 aromatic rings. The van der Waals surface area contributed by atoms with E-state index in [9.17, 15) is 14.4 Å². The van der Waals surface area contributed by atoms with Crippen LogP contribution in [0.5, 0.6) is 11.5 Å². The Kier molecular flexibility index (Phi) is 6.91. The van der Waals surface area contributed by atoms with Gasteiger partial charge >= 0.3 is 0 Å². The van der Waals surface area contributed by atoms with Crippen LogP contribution in [0.15, 0.2) is 42.5 Å². The molecule has 0 saturated heterocycles. The molecule has 0 saturated carbocycles. The molecule has 1 amide bonds. The lowest BCUT2D eigenvalue weighted by atomic mass is 10.1. The number of carbonyl (C=O) groups is 3. The predicted octanol–water partition coefficient (Wildman–Crippen LogP) is 3.51. The van der Waals surface area contributed by atoms with Gasteiger partial charge in [-0.1, -0.05) is 19.1 Å². The van der Waals surface area contributed by atoms with Crippen LogP contribution in [0.1, 0.15) is 41.0 Å². The van der Waals surface area contributed by atoms with E-state index in [0.29, 0.717) is 35.5 Å². The number of aldehydes is 1. The second-order valence-electron chi connectivity index (χ2n) is 5.64. The Hall–Kier alpha value is -3.15. The highest BCUT2D eigenvalue weighted by Gasteiger charge is 2.10. The third-order valence-electron chi connectivity index (χ3n) is 3.50. The summed E-state index contributed by atoms with van der Waals surface area (Å²) in [6, 6.07) is 11.5. The van der Waals surface area contributed by atoms with E-state index in [1.807, 2.05) is 6.92 Å². The molecular weight excluding hydrogens is 334 g/mol. The van der Waals surface area contributed by atoms with Gasteiger partial charge < -0.3 is 14.8 Å². The smallest absolute Gasteiger partial charge is 0.262 e. The molecule has 136 valence electrons. The molecular formula is C20H21NO5. The standard InChI is InChI=1S/C20H21NO5/c1-3-9-25-18-8-7-16(12-22)19(11-18)26-13-20(24)21-17-6-4-5-15(10-17)14(2)23/h4-8,10-12H,3,9,13H2,1-2H3,(H,21,24). The molecule has 0 aromatic heterocycles. The van der Waals surface area contributed by atoms with E-state index in [2.05, 4.69) is 5.32 Å². The zero-order chi connectivity index (χ0) is 18.9. The van der Waals surface area contributed by atoms with Crippen molar-refractivity contribution in [1.29, 1.82) is 0 Å². The maximum absolute atomic E-state index is 12.1. The van der Waals surface area contributed by atoms with Crippen LogP contribution in [0.4, 0.5) is 5.69 Å². The highest BCUT2D eigenvalue weighted by molar-refractivity contribution is 5.97. The lowest BCUT2D eigenvalue weighted by molar-refractivity contribution is -0.118. The van der Waals surface area contributed by atoms with Gasteiger partial charge in [0.1, 0.15) is 11.5 Å². The SMILES string of the molecule is CCCOc1ccc(C=O)c(OCC(=O)Nc2cccc(C(C)=O)c2)c1. The Bertz CT molecular complexity index is 801. The summed E-state index contributed by atoms with van der Waals surface area (Å²) in [5.41, 5.74) is 1.34. The average molecular weight is 355 g/mol. The van der Waals surface area contributed by atoms with Crippen LogP contribution in [0, 0.1) is 0 Å². The Morgan fingerprint density at radius 2 is 1.92 bits per heavy atom. The third kappa shape index (κ3) is 5.44. The molecule has 0 aliphatic carbocycles. The highest BCUT2D eigenvalue weighted by atomic mass is 16.5. The van der Waals surface area contributed by atoms with Crippen LogP contribution in [0.3, 0.4) is 0 Å². The number of rotatable bonds is 9. The molecule has 0 fully saturated rings. The highest BCUT2D eigenvalue weighted by Crippen LogP contribution is 2.24.